The largest absolute Gasteiger partial charge is 0.482 e. The van der Waals surface area contributed by atoms with E-state index >= 15 is 0 Å². The summed E-state index contributed by atoms with van der Waals surface area (Å²) >= 11 is 0. The fourth-order valence-corrected chi connectivity index (χ4v) is 1.96. The van der Waals surface area contributed by atoms with Crippen LogP contribution in [0.15, 0.2) is 22.7 Å². The van der Waals surface area contributed by atoms with Crippen molar-refractivity contribution < 1.29 is 13.7 Å². The highest BCUT2D eigenvalue weighted by molar-refractivity contribution is 5.29. The van der Waals surface area contributed by atoms with Gasteiger partial charge in [-0.1, -0.05) is 18.1 Å². The van der Waals surface area contributed by atoms with Gasteiger partial charge in [0.1, 0.15) is 0 Å². The van der Waals surface area contributed by atoms with Gasteiger partial charge in [-0.2, -0.15) is 4.98 Å². The highest BCUT2D eigenvalue weighted by atomic mass is 19.1. The first-order chi connectivity index (χ1) is 10.2. The molecule has 1 fully saturated rings. The molecule has 21 heavy (non-hydrogen) atoms. The molecule has 6 heteroatoms. The van der Waals surface area contributed by atoms with Crippen molar-refractivity contribution in [2.45, 2.75) is 45.4 Å². The lowest BCUT2D eigenvalue weighted by molar-refractivity contribution is 0.272. The zero-order valence-electron chi connectivity index (χ0n) is 11.9. The van der Waals surface area contributed by atoms with Gasteiger partial charge in [-0.3, -0.25) is 0 Å². The molecule has 1 aromatic carbocycles. The normalized spacial score (nSPS) is 14.4. The van der Waals surface area contributed by atoms with Crippen molar-refractivity contribution in [3.05, 3.63) is 41.3 Å². The van der Waals surface area contributed by atoms with Crippen LogP contribution in [-0.4, -0.2) is 16.2 Å². The van der Waals surface area contributed by atoms with E-state index in [4.69, 9.17) is 9.26 Å². The summed E-state index contributed by atoms with van der Waals surface area (Å²) in [7, 11) is 0. The third-order valence-electron chi connectivity index (χ3n) is 3.34. The molecule has 3 rings (SSSR count). The van der Waals surface area contributed by atoms with Crippen LogP contribution < -0.4 is 10.1 Å². The molecule has 2 aromatic rings. The van der Waals surface area contributed by atoms with Gasteiger partial charge in [0.05, 0.1) is 0 Å². The zero-order valence-corrected chi connectivity index (χ0v) is 11.9. The Hall–Kier alpha value is -1.95. The van der Waals surface area contributed by atoms with Gasteiger partial charge >= 0.3 is 0 Å². The number of halogens is 1. The number of nitrogens with one attached hydrogen (secondary N) is 1. The quantitative estimate of drug-likeness (QED) is 0.849. The second-order valence-corrected chi connectivity index (χ2v) is 5.17. The van der Waals surface area contributed by atoms with E-state index < -0.39 is 0 Å². The van der Waals surface area contributed by atoms with Crippen molar-refractivity contribution in [1.82, 2.24) is 15.5 Å². The molecular formula is C15H18FN3O2. The Morgan fingerprint density at radius 3 is 2.95 bits per heavy atom. The Bertz CT molecular complexity index is 611. The van der Waals surface area contributed by atoms with Crippen LogP contribution in [0.3, 0.4) is 0 Å². The summed E-state index contributed by atoms with van der Waals surface area (Å²) in [5, 5.41) is 7.11. The maximum Gasteiger partial charge on any atom is 0.226 e. The molecule has 0 spiro atoms. The second-order valence-electron chi connectivity index (χ2n) is 5.17. The molecule has 0 atom stereocenters. The van der Waals surface area contributed by atoms with Gasteiger partial charge < -0.3 is 14.6 Å². The lowest BCUT2D eigenvalue weighted by Crippen LogP contribution is -2.15. The molecule has 1 aromatic heterocycles. The van der Waals surface area contributed by atoms with Crippen molar-refractivity contribution >= 4 is 0 Å². The molecule has 0 aliphatic heterocycles. The molecule has 1 heterocycles. The van der Waals surface area contributed by atoms with E-state index in [0.29, 0.717) is 30.7 Å². The number of ether oxygens (including phenoxy) is 1. The summed E-state index contributed by atoms with van der Waals surface area (Å²) < 4.78 is 24.3. The van der Waals surface area contributed by atoms with Crippen LogP contribution >= 0.6 is 0 Å². The zero-order chi connectivity index (χ0) is 14.7. The van der Waals surface area contributed by atoms with Crippen LogP contribution in [0, 0.1) is 5.82 Å². The molecular weight excluding hydrogens is 273 g/mol. The molecule has 0 amide bonds. The van der Waals surface area contributed by atoms with Crippen LogP contribution in [-0.2, 0) is 19.6 Å². The first kappa shape index (κ1) is 14.0. The molecule has 1 saturated carbocycles. The monoisotopic (exact) mass is 291 g/mol. The minimum atomic E-state index is -0.371. The molecule has 1 aliphatic carbocycles. The van der Waals surface area contributed by atoms with Crippen molar-refractivity contribution in [3.63, 3.8) is 0 Å². The molecule has 5 nitrogen and oxygen atoms in total. The second kappa shape index (κ2) is 6.22. The Morgan fingerprint density at radius 1 is 1.43 bits per heavy atom. The van der Waals surface area contributed by atoms with E-state index in [2.05, 4.69) is 15.5 Å². The maximum absolute atomic E-state index is 13.9. The van der Waals surface area contributed by atoms with Crippen molar-refractivity contribution in [3.8, 4) is 5.75 Å². The van der Waals surface area contributed by atoms with E-state index in [0.717, 1.165) is 5.56 Å². The van der Waals surface area contributed by atoms with E-state index in [9.17, 15) is 4.39 Å². The molecule has 1 N–H and O–H groups in total. The Kier molecular flexibility index (Phi) is 4.15. The number of aryl methyl sites for hydroxylation is 1. The maximum atomic E-state index is 13.9. The average molecular weight is 291 g/mol. The van der Waals surface area contributed by atoms with E-state index in [1.54, 1.807) is 6.07 Å². The summed E-state index contributed by atoms with van der Waals surface area (Å²) in [4.78, 5) is 4.11. The first-order valence-electron chi connectivity index (χ1n) is 7.20. The number of hydrogen-bond acceptors (Lipinski definition) is 5. The highest BCUT2D eigenvalue weighted by Gasteiger charge is 2.20. The Labute approximate surface area is 122 Å². The lowest BCUT2D eigenvalue weighted by atomic mass is 10.2. The molecule has 0 radical (unpaired) electrons. The molecule has 0 bridgehead atoms. The highest BCUT2D eigenvalue weighted by Crippen LogP contribution is 2.22. The van der Waals surface area contributed by atoms with Crippen molar-refractivity contribution in [2.75, 3.05) is 0 Å². The van der Waals surface area contributed by atoms with Crippen molar-refractivity contribution in [2.24, 2.45) is 0 Å². The third-order valence-corrected chi connectivity index (χ3v) is 3.34. The van der Waals surface area contributed by atoms with Gasteiger partial charge in [0.25, 0.3) is 0 Å². The predicted octanol–water partition coefficient (Wildman–Crippen LogP) is 2.60. The smallest absolute Gasteiger partial charge is 0.226 e. The number of nitrogens with zero attached hydrogens (tertiary/aromatic N) is 2. The summed E-state index contributed by atoms with van der Waals surface area (Å²) in [6.45, 7) is 2.71. The molecule has 112 valence electrons. The van der Waals surface area contributed by atoms with E-state index in [1.807, 2.05) is 13.0 Å². The fourth-order valence-electron chi connectivity index (χ4n) is 1.96. The van der Waals surface area contributed by atoms with Gasteiger partial charge in [-0.25, -0.2) is 4.39 Å². The minimum Gasteiger partial charge on any atom is -0.482 e. The SMILES string of the molecule is CCc1nc(COc2ccc(CNC3CC3)cc2F)no1. The molecule has 1 aliphatic rings. The fraction of sp³-hybridized carbons (Fsp3) is 0.467. The van der Waals surface area contributed by atoms with Crippen molar-refractivity contribution in [1.29, 1.82) is 0 Å². The van der Waals surface area contributed by atoms with Gasteiger partial charge in [0, 0.05) is 19.0 Å². The summed E-state index contributed by atoms with van der Waals surface area (Å²) in [6.07, 6.45) is 3.10. The van der Waals surface area contributed by atoms with Gasteiger partial charge in [-0.15, -0.1) is 0 Å². The summed E-state index contributed by atoms with van der Waals surface area (Å²) in [5.74, 6) is 0.804. The number of benzene rings is 1. The first-order valence-corrected chi connectivity index (χ1v) is 7.20. The molecule has 0 unspecified atom stereocenters. The average Bonchev–Trinajstić information content (AvgIpc) is 3.21. The van der Waals surface area contributed by atoms with Gasteiger partial charge in [-0.05, 0) is 30.5 Å². The standard InChI is InChI=1S/C15H18FN3O2/c1-2-15-18-14(19-21-15)9-20-13-6-3-10(7-12(13)16)8-17-11-4-5-11/h3,6-7,11,17H,2,4-5,8-9H2,1H3. The lowest BCUT2D eigenvalue weighted by Gasteiger charge is -2.07. The van der Waals surface area contributed by atoms with Crippen LogP contribution in [0.1, 0.15) is 37.0 Å². The van der Waals surface area contributed by atoms with E-state index in [1.165, 1.54) is 18.9 Å². The van der Waals surface area contributed by atoms with Gasteiger partial charge in [0.2, 0.25) is 11.7 Å². The summed E-state index contributed by atoms with van der Waals surface area (Å²) in [6, 6.07) is 5.61. The topological polar surface area (TPSA) is 60.2 Å². The molecule has 0 saturated heterocycles. The third kappa shape index (κ3) is 3.78. The van der Waals surface area contributed by atoms with Gasteiger partial charge in [0.15, 0.2) is 18.2 Å². The Balaban J connectivity index is 1.56. The van der Waals surface area contributed by atoms with Crippen LogP contribution in [0.4, 0.5) is 4.39 Å². The Morgan fingerprint density at radius 2 is 2.29 bits per heavy atom. The van der Waals surface area contributed by atoms with E-state index in [-0.39, 0.29) is 18.2 Å². The van der Waals surface area contributed by atoms with Crippen LogP contribution in [0.25, 0.3) is 0 Å². The number of hydrogen-bond donors (Lipinski definition) is 1. The van der Waals surface area contributed by atoms with Crippen LogP contribution in [0.2, 0.25) is 0 Å². The summed E-state index contributed by atoms with van der Waals surface area (Å²) in [5.41, 5.74) is 0.916. The number of aromatic nitrogens is 2. The minimum absolute atomic E-state index is 0.0973. The number of rotatable bonds is 7. The van der Waals surface area contributed by atoms with Crippen LogP contribution in [0.5, 0.6) is 5.75 Å². The predicted molar refractivity (Wildman–Crippen MR) is 74.3 cm³/mol.